The van der Waals surface area contributed by atoms with E-state index in [4.69, 9.17) is 5.73 Å². The van der Waals surface area contributed by atoms with Gasteiger partial charge in [-0.15, -0.1) is 0 Å². The number of piperazine rings is 1. The fourth-order valence-electron chi connectivity index (χ4n) is 2.28. The summed E-state index contributed by atoms with van der Waals surface area (Å²) in [7, 11) is 2.09. The van der Waals surface area contributed by atoms with E-state index < -0.39 is 0 Å². The molecule has 1 heterocycles. The molecule has 0 spiro atoms. The van der Waals surface area contributed by atoms with E-state index in [9.17, 15) is 4.79 Å². The zero-order valence-electron chi connectivity index (χ0n) is 10.9. The summed E-state index contributed by atoms with van der Waals surface area (Å²) >= 11 is 0. The van der Waals surface area contributed by atoms with Crippen molar-refractivity contribution >= 4 is 5.91 Å². The summed E-state index contributed by atoms with van der Waals surface area (Å²) in [5.74, 6) is 0.146. The monoisotopic (exact) mass is 247 g/mol. The van der Waals surface area contributed by atoms with Crippen LogP contribution in [0.15, 0.2) is 24.3 Å². The molecule has 0 saturated carbocycles. The Balaban J connectivity index is 2.13. The van der Waals surface area contributed by atoms with E-state index in [0.717, 1.165) is 43.7 Å². The van der Waals surface area contributed by atoms with Crippen LogP contribution in [0.5, 0.6) is 0 Å². The predicted octanol–water partition coefficient (Wildman–Crippen LogP) is 0.575. The number of benzene rings is 1. The number of nitrogens with zero attached hydrogens (tertiary/aromatic N) is 2. The molecule has 4 nitrogen and oxygen atoms in total. The molecule has 2 N–H and O–H groups in total. The van der Waals surface area contributed by atoms with Gasteiger partial charge in [-0.2, -0.15) is 0 Å². The molecule has 0 aliphatic carbocycles. The first-order chi connectivity index (χ1) is 8.72. The minimum absolute atomic E-state index is 0.146. The van der Waals surface area contributed by atoms with Gasteiger partial charge in [0.1, 0.15) is 0 Å². The Morgan fingerprint density at radius 1 is 1.22 bits per heavy atom. The third kappa shape index (κ3) is 2.89. The van der Waals surface area contributed by atoms with Gasteiger partial charge in [0.25, 0.3) is 5.91 Å². The Bertz CT molecular complexity index is 411. The van der Waals surface area contributed by atoms with Crippen LogP contribution in [0.3, 0.4) is 0 Å². The average Bonchev–Trinajstić information content (AvgIpc) is 2.40. The van der Waals surface area contributed by atoms with Crippen LogP contribution in [-0.4, -0.2) is 55.5 Å². The van der Waals surface area contributed by atoms with Gasteiger partial charge in [-0.05, 0) is 31.6 Å². The van der Waals surface area contributed by atoms with Crippen molar-refractivity contribution in [2.24, 2.45) is 5.73 Å². The van der Waals surface area contributed by atoms with E-state index in [1.165, 1.54) is 0 Å². The maximum atomic E-state index is 12.5. The molecule has 0 aromatic heterocycles. The average molecular weight is 247 g/mol. The summed E-state index contributed by atoms with van der Waals surface area (Å²) in [5.41, 5.74) is 7.47. The van der Waals surface area contributed by atoms with Crippen LogP contribution in [0, 0.1) is 0 Å². The number of nitrogens with two attached hydrogens (primary N) is 1. The summed E-state index contributed by atoms with van der Waals surface area (Å²) in [4.78, 5) is 16.7. The lowest BCUT2D eigenvalue weighted by Gasteiger charge is -2.32. The third-order valence-electron chi connectivity index (χ3n) is 3.45. The normalized spacial score (nSPS) is 16.9. The van der Waals surface area contributed by atoms with Gasteiger partial charge >= 0.3 is 0 Å². The Hall–Kier alpha value is -1.39. The zero-order valence-corrected chi connectivity index (χ0v) is 10.9. The molecule has 2 rings (SSSR count). The molecule has 0 unspecified atom stereocenters. The van der Waals surface area contributed by atoms with Gasteiger partial charge in [-0.3, -0.25) is 4.79 Å². The smallest absolute Gasteiger partial charge is 0.254 e. The minimum Gasteiger partial charge on any atom is -0.336 e. The second-order valence-corrected chi connectivity index (χ2v) is 4.79. The summed E-state index contributed by atoms with van der Waals surface area (Å²) in [5, 5.41) is 0. The molecule has 98 valence electrons. The second-order valence-electron chi connectivity index (χ2n) is 4.79. The van der Waals surface area contributed by atoms with Crippen molar-refractivity contribution in [2.75, 3.05) is 39.8 Å². The van der Waals surface area contributed by atoms with Gasteiger partial charge in [0.05, 0.1) is 0 Å². The van der Waals surface area contributed by atoms with Gasteiger partial charge in [-0.25, -0.2) is 0 Å². The van der Waals surface area contributed by atoms with E-state index >= 15 is 0 Å². The summed E-state index contributed by atoms with van der Waals surface area (Å²) in [6.45, 7) is 4.10. The standard InChI is InChI=1S/C14H21N3O/c1-16-8-10-17(11-9-16)14(18)13-5-3-2-4-12(13)6-7-15/h2-5H,6-11,15H2,1H3. The van der Waals surface area contributed by atoms with Crippen molar-refractivity contribution < 1.29 is 4.79 Å². The van der Waals surface area contributed by atoms with Gasteiger partial charge in [0.2, 0.25) is 0 Å². The lowest BCUT2D eigenvalue weighted by molar-refractivity contribution is 0.0663. The number of likely N-dealkylation sites (N-methyl/N-ethyl adjacent to an activating group) is 1. The molecule has 1 aromatic carbocycles. The predicted molar refractivity (Wildman–Crippen MR) is 72.6 cm³/mol. The quantitative estimate of drug-likeness (QED) is 0.850. The molecule has 1 amide bonds. The summed E-state index contributed by atoms with van der Waals surface area (Å²) in [6, 6.07) is 7.79. The van der Waals surface area contributed by atoms with E-state index in [2.05, 4.69) is 11.9 Å². The van der Waals surface area contributed by atoms with Crippen molar-refractivity contribution in [2.45, 2.75) is 6.42 Å². The SMILES string of the molecule is CN1CCN(C(=O)c2ccccc2CCN)CC1. The van der Waals surface area contributed by atoms with Crippen LogP contribution < -0.4 is 5.73 Å². The number of hydrogen-bond donors (Lipinski definition) is 1. The Morgan fingerprint density at radius 2 is 1.89 bits per heavy atom. The molecule has 0 atom stereocenters. The molecule has 1 aromatic rings. The van der Waals surface area contributed by atoms with Crippen LogP contribution in [0.25, 0.3) is 0 Å². The number of amides is 1. The van der Waals surface area contributed by atoms with E-state index in [1.807, 2.05) is 29.2 Å². The van der Waals surface area contributed by atoms with Crippen LogP contribution in [0.4, 0.5) is 0 Å². The van der Waals surface area contributed by atoms with Crippen LogP contribution in [-0.2, 0) is 6.42 Å². The van der Waals surface area contributed by atoms with Gasteiger partial charge < -0.3 is 15.5 Å². The molecule has 1 aliphatic heterocycles. The van der Waals surface area contributed by atoms with Crippen molar-refractivity contribution in [3.63, 3.8) is 0 Å². The maximum Gasteiger partial charge on any atom is 0.254 e. The minimum atomic E-state index is 0.146. The van der Waals surface area contributed by atoms with E-state index in [-0.39, 0.29) is 5.91 Å². The Morgan fingerprint density at radius 3 is 2.56 bits per heavy atom. The van der Waals surface area contributed by atoms with Crippen LogP contribution in [0.2, 0.25) is 0 Å². The summed E-state index contributed by atoms with van der Waals surface area (Å²) in [6.07, 6.45) is 0.760. The molecular weight excluding hydrogens is 226 g/mol. The van der Waals surface area contributed by atoms with Crippen molar-refractivity contribution in [3.8, 4) is 0 Å². The molecule has 1 saturated heterocycles. The van der Waals surface area contributed by atoms with Crippen LogP contribution >= 0.6 is 0 Å². The largest absolute Gasteiger partial charge is 0.336 e. The lowest BCUT2D eigenvalue weighted by atomic mass is 10.0. The van der Waals surface area contributed by atoms with E-state index in [1.54, 1.807) is 0 Å². The van der Waals surface area contributed by atoms with Gasteiger partial charge in [0.15, 0.2) is 0 Å². The highest BCUT2D eigenvalue weighted by molar-refractivity contribution is 5.95. The number of rotatable bonds is 3. The van der Waals surface area contributed by atoms with Gasteiger partial charge in [-0.1, -0.05) is 18.2 Å². The molecule has 1 fully saturated rings. The number of hydrogen-bond acceptors (Lipinski definition) is 3. The third-order valence-corrected chi connectivity index (χ3v) is 3.45. The highest BCUT2D eigenvalue weighted by Crippen LogP contribution is 2.13. The molecular formula is C14H21N3O. The van der Waals surface area contributed by atoms with Crippen molar-refractivity contribution in [1.82, 2.24) is 9.80 Å². The fraction of sp³-hybridized carbons (Fsp3) is 0.500. The first kappa shape index (κ1) is 13.1. The topological polar surface area (TPSA) is 49.6 Å². The molecule has 4 heteroatoms. The lowest BCUT2D eigenvalue weighted by Crippen LogP contribution is -2.47. The molecule has 18 heavy (non-hydrogen) atoms. The second kappa shape index (κ2) is 5.98. The highest BCUT2D eigenvalue weighted by atomic mass is 16.2. The molecule has 0 radical (unpaired) electrons. The highest BCUT2D eigenvalue weighted by Gasteiger charge is 2.21. The Kier molecular flexibility index (Phi) is 4.33. The fourth-order valence-corrected chi connectivity index (χ4v) is 2.28. The number of carbonyl (C=O) groups is 1. The zero-order chi connectivity index (χ0) is 13.0. The Labute approximate surface area is 108 Å². The maximum absolute atomic E-state index is 12.5. The molecule has 0 bridgehead atoms. The van der Waals surface area contributed by atoms with Crippen molar-refractivity contribution in [3.05, 3.63) is 35.4 Å². The van der Waals surface area contributed by atoms with Crippen LogP contribution in [0.1, 0.15) is 15.9 Å². The summed E-state index contributed by atoms with van der Waals surface area (Å²) < 4.78 is 0. The number of carbonyl (C=O) groups excluding carboxylic acids is 1. The van der Waals surface area contributed by atoms with E-state index in [0.29, 0.717) is 6.54 Å². The first-order valence-electron chi connectivity index (χ1n) is 6.48. The van der Waals surface area contributed by atoms with Gasteiger partial charge in [0, 0.05) is 31.7 Å². The first-order valence-corrected chi connectivity index (χ1v) is 6.48. The molecule has 1 aliphatic rings. The van der Waals surface area contributed by atoms with Crippen molar-refractivity contribution in [1.29, 1.82) is 0 Å².